The van der Waals surface area contributed by atoms with Gasteiger partial charge in [0.15, 0.2) is 0 Å². The van der Waals surface area contributed by atoms with Gasteiger partial charge in [-0.1, -0.05) is 48.2 Å². The van der Waals surface area contributed by atoms with Crippen molar-refractivity contribution in [2.75, 3.05) is 24.7 Å². The average Bonchev–Trinajstić information content (AvgIpc) is 3.01. The molecule has 0 atom stereocenters. The Kier molecular flexibility index (Phi) is 5.21. The monoisotopic (exact) mass is 383 g/mol. The van der Waals surface area contributed by atoms with Crippen molar-refractivity contribution < 1.29 is 18.0 Å². The zero-order chi connectivity index (χ0) is 18.7. The van der Waals surface area contributed by atoms with Crippen LogP contribution in [0.3, 0.4) is 0 Å². The lowest BCUT2D eigenvalue weighted by atomic mass is 10.00. The van der Waals surface area contributed by atoms with E-state index in [1.807, 2.05) is 36.4 Å². The van der Waals surface area contributed by atoms with Gasteiger partial charge in [-0.25, -0.2) is 4.68 Å². The topological polar surface area (TPSA) is 77.0 Å². The van der Waals surface area contributed by atoms with E-state index in [0.717, 1.165) is 23.7 Å². The van der Waals surface area contributed by atoms with Crippen LogP contribution in [0.2, 0.25) is 0 Å². The second-order valence-corrected chi connectivity index (χ2v) is 6.59. The van der Waals surface area contributed by atoms with E-state index in [0.29, 0.717) is 17.8 Å². The average molecular weight is 383 g/mol. The number of rotatable bonds is 4. The minimum Gasteiger partial charge on any atom is -0.338 e. The smallest absolute Gasteiger partial charge is 0.338 e. The highest BCUT2D eigenvalue weighted by Gasteiger charge is 2.38. The summed E-state index contributed by atoms with van der Waals surface area (Å²) in [5.74, 6) is 3.82. The van der Waals surface area contributed by atoms with Crippen molar-refractivity contribution in [2.24, 2.45) is 0 Å². The normalized spacial score (nSPS) is 15.0. The molecule has 3 rings (SSSR count). The third-order valence-corrected chi connectivity index (χ3v) is 4.88. The molecule has 1 aliphatic heterocycles. The summed E-state index contributed by atoms with van der Waals surface area (Å²) in [6.45, 7) is 1.02. The Bertz CT molecular complexity index is 819. The molecule has 0 spiro atoms. The molecule has 0 bridgehead atoms. The number of nitrogens with zero attached hydrogens (tertiary/aromatic N) is 4. The molecule has 138 valence electrons. The van der Waals surface area contributed by atoms with Gasteiger partial charge in [0.2, 0.25) is 11.1 Å². The molecular formula is C16H16F3N5OS. The molecule has 6 nitrogen and oxygen atoms in total. The fourth-order valence-electron chi connectivity index (χ4n) is 2.60. The van der Waals surface area contributed by atoms with Crippen molar-refractivity contribution in [3.8, 4) is 0 Å². The van der Waals surface area contributed by atoms with Crippen LogP contribution >= 0.6 is 11.8 Å². The summed E-state index contributed by atoms with van der Waals surface area (Å²) < 4.78 is 38.3. The van der Waals surface area contributed by atoms with Gasteiger partial charge >= 0.3 is 6.18 Å². The molecular weight excluding hydrogens is 367 g/mol. The van der Waals surface area contributed by atoms with Crippen LogP contribution in [-0.4, -0.2) is 44.5 Å². The second kappa shape index (κ2) is 7.40. The third kappa shape index (κ3) is 4.01. The van der Waals surface area contributed by atoms with E-state index in [2.05, 4.69) is 10.2 Å². The highest BCUT2D eigenvalue weighted by atomic mass is 32.2. The van der Waals surface area contributed by atoms with E-state index >= 15 is 0 Å². The molecule has 0 fully saturated rings. The zero-order valence-corrected chi connectivity index (χ0v) is 14.4. The van der Waals surface area contributed by atoms with Gasteiger partial charge in [-0.15, -0.1) is 10.2 Å². The first-order valence-corrected chi connectivity index (χ1v) is 8.77. The van der Waals surface area contributed by atoms with Gasteiger partial charge in [-0.05, 0) is 17.6 Å². The largest absolute Gasteiger partial charge is 0.453 e. The summed E-state index contributed by atoms with van der Waals surface area (Å²) in [5, 5.41) is 6.28. The number of aromatic nitrogens is 3. The second-order valence-electron chi connectivity index (χ2n) is 5.65. The summed E-state index contributed by atoms with van der Waals surface area (Å²) >= 11 is 0.835. The Morgan fingerprint density at radius 1 is 1.23 bits per heavy atom. The summed E-state index contributed by atoms with van der Waals surface area (Å²) in [7, 11) is 0. The number of nitrogen functional groups attached to an aromatic ring is 1. The number of thioether (sulfide) groups is 1. The molecule has 0 saturated heterocycles. The molecule has 1 amide bonds. The van der Waals surface area contributed by atoms with Crippen LogP contribution in [0.4, 0.5) is 13.2 Å². The SMILES string of the molecule is Nn1c(SCC(=O)N2CC=C(c3ccccc3)CC2)nnc1C(F)(F)F. The predicted molar refractivity (Wildman–Crippen MR) is 91.5 cm³/mol. The first-order chi connectivity index (χ1) is 12.4. The van der Waals surface area contributed by atoms with Gasteiger partial charge in [-0.3, -0.25) is 4.79 Å². The highest BCUT2D eigenvalue weighted by Crippen LogP contribution is 2.29. The lowest BCUT2D eigenvalue weighted by Gasteiger charge is -2.26. The van der Waals surface area contributed by atoms with Crippen LogP contribution in [0.5, 0.6) is 0 Å². The van der Waals surface area contributed by atoms with Crippen LogP contribution in [0.25, 0.3) is 5.57 Å². The maximum absolute atomic E-state index is 12.6. The Morgan fingerprint density at radius 3 is 2.54 bits per heavy atom. The number of alkyl halides is 3. The Labute approximate surface area is 151 Å². The first-order valence-electron chi connectivity index (χ1n) is 7.79. The molecule has 10 heteroatoms. The number of carbonyl (C=O) groups excluding carboxylic acids is 1. The molecule has 26 heavy (non-hydrogen) atoms. The van der Waals surface area contributed by atoms with E-state index in [4.69, 9.17) is 5.84 Å². The van der Waals surface area contributed by atoms with Gasteiger partial charge in [-0.2, -0.15) is 13.2 Å². The van der Waals surface area contributed by atoms with Gasteiger partial charge in [0, 0.05) is 13.1 Å². The quantitative estimate of drug-likeness (QED) is 0.648. The van der Waals surface area contributed by atoms with E-state index in [1.165, 1.54) is 5.57 Å². The maximum atomic E-state index is 12.6. The molecule has 0 saturated carbocycles. The number of halogens is 3. The zero-order valence-electron chi connectivity index (χ0n) is 13.6. The van der Waals surface area contributed by atoms with Crippen LogP contribution in [-0.2, 0) is 11.0 Å². The van der Waals surface area contributed by atoms with Gasteiger partial charge < -0.3 is 10.7 Å². The van der Waals surface area contributed by atoms with Gasteiger partial charge in [0.05, 0.1) is 5.75 Å². The summed E-state index contributed by atoms with van der Waals surface area (Å²) in [6.07, 6.45) is -1.96. The van der Waals surface area contributed by atoms with Crippen molar-refractivity contribution >= 4 is 23.2 Å². The minimum atomic E-state index is -4.68. The number of hydrogen-bond acceptors (Lipinski definition) is 5. The van der Waals surface area contributed by atoms with E-state index in [-0.39, 0.29) is 16.8 Å². The highest BCUT2D eigenvalue weighted by molar-refractivity contribution is 7.99. The number of carbonyl (C=O) groups is 1. The fourth-order valence-corrected chi connectivity index (χ4v) is 3.36. The molecule has 2 aromatic rings. The first kappa shape index (κ1) is 18.3. The van der Waals surface area contributed by atoms with Crippen LogP contribution in [0.1, 0.15) is 17.8 Å². The van der Waals surface area contributed by atoms with E-state index in [9.17, 15) is 18.0 Å². The fraction of sp³-hybridized carbons (Fsp3) is 0.312. The molecule has 1 aromatic heterocycles. The summed E-state index contributed by atoms with van der Waals surface area (Å²) in [6, 6.07) is 9.91. The summed E-state index contributed by atoms with van der Waals surface area (Å²) in [4.78, 5) is 13.9. The van der Waals surface area contributed by atoms with Crippen molar-refractivity contribution in [3.63, 3.8) is 0 Å². The van der Waals surface area contributed by atoms with Crippen LogP contribution < -0.4 is 5.84 Å². The lowest BCUT2D eigenvalue weighted by molar-refractivity contribution is -0.146. The summed E-state index contributed by atoms with van der Waals surface area (Å²) in [5.41, 5.74) is 2.31. The standard InChI is InChI=1S/C16H16F3N5OS/c17-16(18,19)14-21-22-15(24(14)20)26-10-13(25)23-8-6-12(7-9-23)11-4-2-1-3-5-11/h1-6H,7-10,20H2. The molecule has 1 aliphatic rings. The molecule has 1 aromatic carbocycles. The van der Waals surface area contributed by atoms with Crippen LogP contribution in [0.15, 0.2) is 41.6 Å². The number of amides is 1. The predicted octanol–water partition coefficient (Wildman–Crippen LogP) is 2.42. The Balaban J connectivity index is 1.57. The molecule has 0 radical (unpaired) electrons. The van der Waals surface area contributed by atoms with Gasteiger partial charge in [0.25, 0.3) is 5.82 Å². The molecule has 2 N–H and O–H groups in total. The maximum Gasteiger partial charge on any atom is 0.453 e. The number of benzene rings is 1. The van der Waals surface area contributed by atoms with Crippen molar-refractivity contribution in [1.82, 2.24) is 19.8 Å². The van der Waals surface area contributed by atoms with E-state index < -0.39 is 12.0 Å². The van der Waals surface area contributed by atoms with Crippen molar-refractivity contribution in [1.29, 1.82) is 0 Å². The number of nitrogens with two attached hydrogens (primary N) is 1. The minimum absolute atomic E-state index is 0.0539. The lowest BCUT2D eigenvalue weighted by Crippen LogP contribution is -2.36. The number of hydrogen-bond donors (Lipinski definition) is 1. The molecule has 2 heterocycles. The molecule has 0 aliphatic carbocycles. The van der Waals surface area contributed by atoms with E-state index in [1.54, 1.807) is 4.90 Å². The third-order valence-electron chi connectivity index (χ3n) is 3.95. The van der Waals surface area contributed by atoms with Gasteiger partial charge in [0.1, 0.15) is 0 Å². The Morgan fingerprint density at radius 2 is 1.96 bits per heavy atom. The Hall–Kier alpha value is -2.49. The van der Waals surface area contributed by atoms with Crippen molar-refractivity contribution in [2.45, 2.75) is 17.8 Å². The van der Waals surface area contributed by atoms with Crippen LogP contribution in [0, 0.1) is 0 Å². The van der Waals surface area contributed by atoms with Crippen molar-refractivity contribution in [3.05, 3.63) is 47.8 Å². The molecule has 0 unspecified atom stereocenters.